The summed E-state index contributed by atoms with van der Waals surface area (Å²) in [6.07, 6.45) is 0.983. The quantitative estimate of drug-likeness (QED) is 0.120. The number of rotatable bonds is 5. The van der Waals surface area contributed by atoms with E-state index >= 15 is 0 Å². The van der Waals surface area contributed by atoms with Crippen molar-refractivity contribution in [3.05, 3.63) is 182 Å². The van der Waals surface area contributed by atoms with Crippen LogP contribution in [0.3, 0.4) is 0 Å². The van der Waals surface area contributed by atoms with Crippen LogP contribution in [0.25, 0.3) is 43.8 Å². The normalized spacial score (nSPS) is 11.2. The van der Waals surface area contributed by atoms with Crippen molar-refractivity contribution in [2.75, 3.05) is 0 Å². The van der Waals surface area contributed by atoms with E-state index in [4.69, 9.17) is 0 Å². The Kier molecular flexibility index (Phi) is 15.4. The molecule has 0 aromatic heterocycles. The molecule has 274 valence electrons. The van der Waals surface area contributed by atoms with Crippen LogP contribution in [-0.2, 0) is 40.6 Å². The van der Waals surface area contributed by atoms with Gasteiger partial charge in [-0.05, 0) is 51.0 Å². The van der Waals surface area contributed by atoms with Gasteiger partial charge in [0, 0.05) is 0 Å². The van der Waals surface area contributed by atoms with E-state index in [1.54, 1.807) is 0 Å². The van der Waals surface area contributed by atoms with E-state index in [1.807, 2.05) is 0 Å². The van der Waals surface area contributed by atoms with Gasteiger partial charge >= 0.3 is 30.2 Å². The van der Waals surface area contributed by atoms with Gasteiger partial charge in [0.15, 0.2) is 0 Å². The van der Waals surface area contributed by atoms with Crippen LogP contribution < -0.4 is 0 Å². The number of benzene rings is 5. The van der Waals surface area contributed by atoms with E-state index < -0.39 is 0 Å². The third-order valence-electron chi connectivity index (χ3n) is 9.98. The first-order valence-electron chi connectivity index (χ1n) is 18.2. The molecule has 53 heavy (non-hydrogen) atoms. The Balaban J connectivity index is 0.000000268. The summed E-state index contributed by atoms with van der Waals surface area (Å²) < 4.78 is 0. The Morgan fingerprint density at radius 2 is 1.11 bits per heavy atom. The molecule has 0 N–H and O–H groups in total. The van der Waals surface area contributed by atoms with Gasteiger partial charge in [0.1, 0.15) is 0 Å². The van der Waals surface area contributed by atoms with Crippen molar-refractivity contribution in [2.24, 2.45) is 0 Å². The van der Waals surface area contributed by atoms with Crippen LogP contribution in [0.4, 0.5) is 0 Å². The van der Waals surface area contributed by atoms with Gasteiger partial charge in [-0.2, -0.15) is 12.1 Å². The van der Waals surface area contributed by atoms with Gasteiger partial charge in [-0.15, -0.1) is 68.6 Å². The summed E-state index contributed by atoms with van der Waals surface area (Å²) in [5.74, 6) is 0.573. The van der Waals surface area contributed by atoms with E-state index in [1.165, 1.54) is 101 Å². The SMILES string of the molecule is CC(C)c1cc2c(-c3ccc(C(C)(C)C)cc3)cccc2[cH-]1.Cc1ccc(-c2ccc(C(C)(C)C)cc2)c2cc(Cc3ccccc3)[cH-]c12.[CH3-].[CH3-].[Si]=[Zr]. The molecule has 0 unspecified atom stereocenters. The average molecular weight is 790 g/mol. The fourth-order valence-corrected chi connectivity index (χ4v) is 6.83. The molecule has 7 aromatic rings. The van der Waals surface area contributed by atoms with E-state index in [9.17, 15) is 0 Å². The zero-order valence-electron chi connectivity index (χ0n) is 34.0. The molecule has 0 aliphatic carbocycles. The topological polar surface area (TPSA) is 0 Å². The maximum atomic E-state index is 3.06. The molecular weight excluding hydrogens is 732 g/mol. The Bertz CT molecular complexity index is 2180. The summed E-state index contributed by atoms with van der Waals surface area (Å²) in [4.78, 5) is 0. The van der Waals surface area contributed by atoms with Crippen LogP contribution in [0, 0.1) is 21.8 Å². The second-order valence-electron chi connectivity index (χ2n) is 16.2. The van der Waals surface area contributed by atoms with Crippen LogP contribution in [0.15, 0.2) is 133 Å². The number of fused-ring (bicyclic) bond motifs is 2. The summed E-state index contributed by atoms with van der Waals surface area (Å²) in [5, 5.41) is 5.46. The summed E-state index contributed by atoms with van der Waals surface area (Å²) in [7, 11) is 0. The molecule has 0 saturated carbocycles. The first-order chi connectivity index (χ1) is 24.3. The zero-order chi connectivity index (χ0) is 36.9. The molecular formula is C51H58SiZr-4. The molecule has 7 rings (SSSR count). The molecule has 0 fully saturated rings. The average Bonchev–Trinajstić information content (AvgIpc) is 3.75. The molecule has 0 aliphatic heterocycles. The molecule has 0 saturated heterocycles. The molecule has 0 nitrogen and oxygen atoms in total. The van der Waals surface area contributed by atoms with Crippen LogP contribution in [-0.4, -0.2) is 6.88 Å². The monoisotopic (exact) mass is 788 g/mol. The van der Waals surface area contributed by atoms with Crippen molar-refractivity contribution in [2.45, 2.75) is 85.5 Å². The van der Waals surface area contributed by atoms with Gasteiger partial charge in [0.2, 0.25) is 0 Å². The number of hydrogen-bond acceptors (Lipinski definition) is 0. The van der Waals surface area contributed by atoms with Crippen molar-refractivity contribution in [1.29, 1.82) is 0 Å². The van der Waals surface area contributed by atoms with Gasteiger partial charge in [0.05, 0.1) is 0 Å². The fraction of sp³-hybridized carbons (Fsp3) is 0.255. The van der Waals surface area contributed by atoms with Crippen LogP contribution in [0.5, 0.6) is 0 Å². The third kappa shape index (κ3) is 10.6. The Morgan fingerprint density at radius 1 is 0.585 bits per heavy atom. The van der Waals surface area contributed by atoms with Crippen molar-refractivity contribution >= 4 is 28.4 Å². The van der Waals surface area contributed by atoms with Gasteiger partial charge in [-0.1, -0.05) is 164 Å². The van der Waals surface area contributed by atoms with Crippen LogP contribution in [0.1, 0.15) is 94.7 Å². The Labute approximate surface area is 339 Å². The molecule has 0 bridgehead atoms. The summed E-state index contributed by atoms with van der Waals surface area (Å²) in [6.45, 7) is 23.3. The van der Waals surface area contributed by atoms with Crippen LogP contribution >= 0.6 is 0 Å². The van der Waals surface area contributed by atoms with Crippen molar-refractivity contribution in [3.8, 4) is 22.3 Å². The molecule has 0 amide bonds. The zero-order valence-corrected chi connectivity index (χ0v) is 37.4. The number of aryl methyl sites for hydroxylation is 1. The molecule has 7 aromatic carbocycles. The third-order valence-corrected chi connectivity index (χ3v) is 9.98. The second-order valence-corrected chi connectivity index (χ2v) is 16.2. The fourth-order valence-electron chi connectivity index (χ4n) is 6.83. The minimum atomic E-state index is 0. The molecule has 0 atom stereocenters. The molecule has 0 aliphatic rings. The maximum absolute atomic E-state index is 3.06. The molecule has 0 spiro atoms. The first kappa shape index (κ1) is 43.8. The van der Waals surface area contributed by atoms with Gasteiger partial charge in [-0.25, -0.2) is 0 Å². The summed E-state index contributed by atoms with van der Waals surface area (Å²) >= 11 is 1.36. The van der Waals surface area contributed by atoms with E-state index in [2.05, 4.69) is 203 Å². The van der Waals surface area contributed by atoms with Gasteiger partial charge < -0.3 is 14.9 Å². The molecule has 2 heteroatoms. The predicted molar refractivity (Wildman–Crippen MR) is 234 cm³/mol. The summed E-state index contributed by atoms with van der Waals surface area (Å²) in [5.41, 5.74) is 13.9. The molecule has 2 radical (unpaired) electrons. The minimum absolute atomic E-state index is 0. The van der Waals surface area contributed by atoms with Crippen molar-refractivity contribution in [1.82, 2.24) is 0 Å². The van der Waals surface area contributed by atoms with Crippen molar-refractivity contribution < 1.29 is 23.3 Å². The van der Waals surface area contributed by atoms with Crippen molar-refractivity contribution in [3.63, 3.8) is 0 Å². The summed E-state index contributed by atoms with van der Waals surface area (Å²) in [6, 6.07) is 49.4. The first-order valence-corrected chi connectivity index (χ1v) is 22.4. The van der Waals surface area contributed by atoms with Gasteiger partial charge in [0.25, 0.3) is 0 Å². The van der Waals surface area contributed by atoms with Crippen LogP contribution in [0.2, 0.25) is 0 Å². The molecule has 0 heterocycles. The second kappa shape index (κ2) is 18.6. The van der Waals surface area contributed by atoms with Gasteiger partial charge in [-0.3, -0.25) is 0 Å². The standard InChI is InChI=1S/C27H27.C22H25.2CH3.Si.Zr/c1-19-10-15-24(22-11-13-23(14-12-22)27(2,3)4)26-18-21(17-25(19)26)16-20-8-6-5-7-9-20;1-15(2)18-13-17-7-6-8-20(21(17)14-18)16-9-11-19(12-10-16)22(3,4)5;;;;/h5-15,17-18H,16H2,1-4H3;6-15H,1-5H3;2*1H3;;/q4*-1;;. The van der Waals surface area contributed by atoms with E-state index in [0.29, 0.717) is 5.92 Å². The van der Waals surface area contributed by atoms with E-state index in [-0.39, 0.29) is 25.7 Å². The van der Waals surface area contributed by atoms with E-state index in [0.717, 1.165) is 6.42 Å². The predicted octanol–water partition coefficient (Wildman–Crippen LogP) is 14.6. The Morgan fingerprint density at radius 3 is 1.62 bits per heavy atom. The Hall–Kier alpha value is -3.58. The number of hydrogen-bond donors (Lipinski definition) is 0.